The zero-order valence-electron chi connectivity index (χ0n) is 13.1. The molecular weight excluding hydrogens is 314 g/mol. The van der Waals surface area contributed by atoms with E-state index in [-0.39, 0.29) is 24.0 Å². The van der Waals surface area contributed by atoms with Crippen LogP contribution in [0.1, 0.15) is 17.8 Å². The Kier molecular flexibility index (Phi) is 5.75. The van der Waals surface area contributed by atoms with Crippen LogP contribution in [-0.4, -0.2) is 32.3 Å². The smallest absolute Gasteiger partial charge is 0.234 e. The molecular formula is C15H19N5O2S. The summed E-state index contributed by atoms with van der Waals surface area (Å²) in [5, 5.41) is 11.5. The van der Waals surface area contributed by atoms with Crippen molar-refractivity contribution in [2.45, 2.75) is 24.9 Å². The molecule has 0 aliphatic heterocycles. The molecule has 2 aromatic rings. The van der Waals surface area contributed by atoms with Crippen LogP contribution in [0.3, 0.4) is 0 Å². The molecule has 1 aromatic heterocycles. The highest BCUT2D eigenvalue weighted by Crippen LogP contribution is 2.18. The van der Waals surface area contributed by atoms with Crippen LogP contribution in [0, 0.1) is 6.92 Å². The van der Waals surface area contributed by atoms with Crippen molar-refractivity contribution in [1.29, 1.82) is 0 Å². The Morgan fingerprint density at radius 1 is 1.30 bits per heavy atom. The van der Waals surface area contributed by atoms with Gasteiger partial charge in [0.2, 0.25) is 11.8 Å². The number of thioether (sulfide) groups is 1. The number of hydrogen-bond donors (Lipinski definition) is 2. The number of carbonyl (C=O) groups is 2. The minimum Gasteiger partial charge on any atom is -0.370 e. The van der Waals surface area contributed by atoms with Crippen molar-refractivity contribution in [3.63, 3.8) is 0 Å². The predicted molar refractivity (Wildman–Crippen MR) is 89.1 cm³/mol. The summed E-state index contributed by atoms with van der Waals surface area (Å²) in [5.74, 6) is 0.423. The third kappa shape index (κ3) is 4.82. The third-order valence-corrected chi connectivity index (χ3v) is 4.29. The Hall–Kier alpha value is -2.35. The SMILES string of the molecule is Cc1ccccc1NC(=O)CSc1nnc(CCC(N)=O)n1C. The summed E-state index contributed by atoms with van der Waals surface area (Å²) < 4.78 is 1.77. The molecule has 0 spiro atoms. The number of rotatable bonds is 7. The van der Waals surface area contributed by atoms with Crippen molar-refractivity contribution in [2.75, 3.05) is 11.1 Å². The molecule has 122 valence electrons. The third-order valence-electron chi connectivity index (χ3n) is 3.27. The fraction of sp³-hybridized carbons (Fsp3) is 0.333. The fourth-order valence-corrected chi connectivity index (χ4v) is 2.68. The minimum atomic E-state index is -0.375. The number of anilines is 1. The van der Waals surface area contributed by atoms with Gasteiger partial charge >= 0.3 is 0 Å². The number of para-hydroxylation sites is 1. The maximum atomic E-state index is 12.0. The van der Waals surface area contributed by atoms with Crippen LogP contribution in [0.5, 0.6) is 0 Å². The van der Waals surface area contributed by atoms with Gasteiger partial charge < -0.3 is 15.6 Å². The Morgan fingerprint density at radius 3 is 2.74 bits per heavy atom. The first-order valence-corrected chi connectivity index (χ1v) is 8.10. The predicted octanol–water partition coefficient (Wildman–Crippen LogP) is 1.27. The molecule has 0 saturated heterocycles. The molecule has 0 fully saturated rings. The first-order chi connectivity index (χ1) is 11.0. The van der Waals surface area contributed by atoms with Crippen LogP contribution in [-0.2, 0) is 23.1 Å². The number of nitrogens with one attached hydrogen (secondary N) is 1. The van der Waals surface area contributed by atoms with E-state index in [1.54, 1.807) is 11.6 Å². The van der Waals surface area contributed by atoms with Crippen LogP contribution in [0.4, 0.5) is 5.69 Å². The van der Waals surface area contributed by atoms with Gasteiger partial charge in [0.05, 0.1) is 5.75 Å². The van der Waals surface area contributed by atoms with Gasteiger partial charge in [0.25, 0.3) is 0 Å². The topological polar surface area (TPSA) is 103 Å². The average molecular weight is 333 g/mol. The summed E-state index contributed by atoms with van der Waals surface area (Å²) >= 11 is 1.30. The van der Waals surface area contributed by atoms with Crippen molar-refractivity contribution in [3.05, 3.63) is 35.7 Å². The van der Waals surface area contributed by atoms with Crippen LogP contribution in [0.2, 0.25) is 0 Å². The van der Waals surface area contributed by atoms with Gasteiger partial charge in [-0.1, -0.05) is 30.0 Å². The molecule has 0 atom stereocenters. The summed E-state index contributed by atoms with van der Waals surface area (Å²) in [7, 11) is 1.80. The van der Waals surface area contributed by atoms with E-state index in [9.17, 15) is 9.59 Å². The van der Waals surface area contributed by atoms with Crippen molar-refractivity contribution in [1.82, 2.24) is 14.8 Å². The maximum absolute atomic E-state index is 12.0. The van der Waals surface area contributed by atoms with Crippen LogP contribution >= 0.6 is 11.8 Å². The first kappa shape index (κ1) is 17.0. The fourth-order valence-electron chi connectivity index (χ4n) is 1.95. The number of carbonyl (C=O) groups excluding carboxylic acids is 2. The molecule has 2 amide bonds. The van der Waals surface area contributed by atoms with E-state index in [1.165, 1.54) is 11.8 Å². The summed E-state index contributed by atoms with van der Waals surface area (Å²) in [4.78, 5) is 22.8. The number of benzene rings is 1. The van der Waals surface area contributed by atoms with Crippen LogP contribution in [0.25, 0.3) is 0 Å². The molecule has 8 heteroatoms. The van der Waals surface area contributed by atoms with Crippen molar-refractivity contribution < 1.29 is 9.59 Å². The Morgan fingerprint density at radius 2 is 2.04 bits per heavy atom. The standard InChI is InChI=1S/C15H19N5O2S/c1-10-5-3-4-6-11(10)17-14(22)9-23-15-19-18-13(20(15)2)8-7-12(16)21/h3-6H,7-9H2,1-2H3,(H2,16,21)(H,17,22). The van der Waals surface area contributed by atoms with Gasteiger partial charge in [0, 0.05) is 25.6 Å². The first-order valence-electron chi connectivity index (χ1n) is 7.12. The number of hydrogen-bond acceptors (Lipinski definition) is 5. The lowest BCUT2D eigenvalue weighted by Gasteiger charge is -2.07. The number of aromatic nitrogens is 3. The van der Waals surface area contributed by atoms with Crippen LogP contribution in [0.15, 0.2) is 29.4 Å². The number of primary amides is 1. The monoisotopic (exact) mass is 333 g/mol. The van der Waals surface area contributed by atoms with Gasteiger partial charge in [-0.25, -0.2) is 0 Å². The van der Waals surface area contributed by atoms with Crippen molar-refractivity contribution >= 4 is 29.3 Å². The van der Waals surface area contributed by atoms with E-state index in [2.05, 4.69) is 15.5 Å². The normalized spacial score (nSPS) is 10.5. The molecule has 2 rings (SSSR count). The van der Waals surface area contributed by atoms with E-state index >= 15 is 0 Å². The zero-order valence-corrected chi connectivity index (χ0v) is 13.9. The van der Waals surface area contributed by atoms with Gasteiger partial charge in [-0.05, 0) is 18.6 Å². The van der Waals surface area contributed by atoms with E-state index in [0.717, 1.165) is 11.3 Å². The second-order valence-corrected chi connectivity index (χ2v) is 6.02. The molecule has 0 bridgehead atoms. The van der Waals surface area contributed by atoms with Crippen LogP contribution < -0.4 is 11.1 Å². The quantitative estimate of drug-likeness (QED) is 0.743. The summed E-state index contributed by atoms with van der Waals surface area (Å²) in [6.07, 6.45) is 0.666. The Labute approximate surface area is 138 Å². The van der Waals surface area contributed by atoms with Crippen molar-refractivity contribution in [3.8, 4) is 0 Å². The van der Waals surface area contributed by atoms with Gasteiger partial charge in [0.1, 0.15) is 5.82 Å². The highest BCUT2D eigenvalue weighted by atomic mass is 32.2. The summed E-state index contributed by atoms with van der Waals surface area (Å²) in [5.41, 5.74) is 6.94. The lowest BCUT2D eigenvalue weighted by atomic mass is 10.2. The zero-order chi connectivity index (χ0) is 16.8. The van der Waals surface area contributed by atoms with Gasteiger partial charge in [-0.2, -0.15) is 0 Å². The van der Waals surface area contributed by atoms with E-state index in [4.69, 9.17) is 5.73 Å². The van der Waals surface area contributed by atoms with E-state index in [0.29, 0.717) is 17.4 Å². The second-order valence-electron chi connectivity index (χ2n) is 5.08. The lowest BCUT2D eigenvalue weighted by Crippen LogP contribution is -2.15. The second kappa shape index (κ2) is 7.77. The summed E-state index contributed by atoms with van der Waals surface area (Å²) in [6.45, 7) is 1.94. The number of nitrogens with zero attached hydrogens (tertiary/aromatic N) is 3. The molecule has 1 aromatic carbocycles. The van der Waals surface area contributed by atoms with E-state index < -0.39 is 0 Å². The van der Waals surface area contributed by atoms with Gasteiger partial charge in [-0.3, -0.25) is 9.59 Å². The maximum Gasteiger partial charge on any atom is 0.234 e. The Balaban J connectivity index is 1.89. The number of nitrogens with two attached hydrogens (primary N) is 1. The Bertz CT molecular complexity index is 714. The average Bonchev–Trinajstić information content (AvgIpc) is 2.86. The molecule has 0 radical (unpaired) electrons. The highest BCUT2D eigenvalue weighted by Gasteiger charge is 2.12. The molecule has 23 heavy (non-hydrogen) atoms. The molecule has 7 nitrogen and oxygen atoms in total. The lowest BCUT2D eigenvalue weighted by molar-refractivity contribution is -0.118. The number of amides is 2. The van der Waals surface area contributed by atoms with Gasteiger partial charge in [0.15, 0.2) is 5.16 Å². The number of aryl methyl sites for hydroxylation is 2. The largest absolute Gasteiger partial charge is 0.370 e. The van der Waals surface area contributed by atoms with Crippen molar-refractivity contribution in [2.24, 2.45) is 12.8 Å². The van der Waals surface area contributed by atoms with E-state index in [1.807, 2.05) is 31.2 Å². The molecule has 0 aliphatic rings. The summed E-state index contributed by atoms with van der Waals surface area (Å²) in [6, 6.07) is 7.61. The molecule has 1 heterocycles. The molecule has 0 unspecified atom stereocenters. The molecule has 0 aliphatic carbocycles. The minimum absolute atomic E-state index is 0.106. The van der Waals surface area contributed by atoms with Gasteiger partial charge in [-0.15, -0.1) is 10.2 Å². The highest BCUT2D eigenvalue weighted by molar-refractivity contribution is 7.99. The molecule has 3 N–H and O–H groups in total. The molecule has 0 saturated carbocycles.